The van der Waals surface area contributed by atoms with Crippen LogP contribution in [0.2, 0.25) is 5.02 Å². The first-order chi connectivity index (χ1) is 9.49. The molecule has 0 aliphatic rings. The predicted molar refractivity (Wildman–Crippen MR) is 77.1 cm³/mol. The van der Waals surface area contributed by atoms with Gasteiger partial charge in [-0.25, -0.2) is 4.79 Å². The van der Waals surface area contributed by atoms with Crippen molar-refractivity contribution in [3.63, 3.8) is 0 Å². The van der Waals surface area contributed by atoms with Crippen molar-refractivity contribution in [3.05, 3.63) is 41.2 Å². The Kier molecular flexibility index (Phi) is 2.79. The van der Waals surface area contributed by atoms with Crippen molar-refractivity contribution in [1.82, 2.24) is 14.3 Å². The Morgan fingerprint density at radius 1 is 1.35 bits per heavy atom. The van der Waals surface area contributed by atoms with Crippen molar-refractivity contribution in [2.45, 2.75) is 0 Å². The van der Waals surface area contributed by atoms with Gasteiger partial charge in [-0.15, -0.1) is 0 Å². The summed E-state index contributed by atoms with van der Waals surface area (Å²) in [4.78, 5) is 11.3. The van der Waals surface area contributed by atoms with Gasteiger partial charge in [0.2, 0.25) is 0 Å². The molecular formula is C14H12ClN3O2. The maximum absolute atomic E-state index is 11.3. The maximum Gasteiger partial charge on any atom is 0.339 e. The molecule has 0 saturated heterocycles. The summed E-state index contributed by atoms with van der Waals surface area (Å²) in [6, 6.07) is 5.55. The number of nitrogens with zero attached hydrogens (tertiary/aromatic N) is 3. The lowest BCUT2D eigenvalue weighted by molar-refractivity contribution is 0.0697. The normalized spacial score (nSPS) is 11.2. The van der Waals surface area contributed by atoms with Gasteiger partial charge in [0.25, 0.3) is 0 Å². The van der Waals surface area contributed by atoms with Gasteiger partial charge in [-0.3, -0.25) is 4.68 Å². The zero-order valence-electron chi connectivity index (χ0n) is 11.0. The Balaban J connectivity index is 2.36. The Morgan fingerprint density at radius 2 is 2.10 bits per heavy atom. The lowest BCUT2D eigenvalue weighted by Gasteiger charge is -2.02. The van der Waals surface area contributed by atoms with Crippen LogP contribution in [-0.2, 0) is 14.1 Å². The van der Waals surface area contributed by atoms with E-state index in [2.05, 4.69) is 5.10 Å². The summed E-state index contributed by atoms with van der Waals surface area (Å²) in [5.74, 6) is -0.987. The number of halogens is 1. The third-order valence-corrected chi connectivity index (χ3v) is 3.61. The molecule has 0 radical (unpaired) electrons. The number of rotatable bonds is 2. The molecule has 0 amide bonds. The molecule has 5 nitrogen and oxygen atoms in total. The molecule has 0 aliphatic carbocycles. The van der Waals surface area contributed by atoms with Crippen molar-refractivity contribution in [1.29, 1.82) is 0 Å². The van der Waals surface area contributed by atoms with Gasteiger partial charge in [0.15, 0.2) is 0 Å². The molecule has 2 heterocycles. The smallest absolute Gasteiger partial charge is 0.339 e. The lowest BCUT2D eigenvalue weighted by Crippen LogP contribution is -2.00. The minimum Gasteiger partial charge on any atom is -0.478 e. The summed E-state index contributed by atoms with van der Waals surface area (Å²) >= 11 is 6.01. The largest absolute Gasteiger partial charge is 0.478 e. The molecule has 1 N–H and O–H groups in total. The Morgan fingerprint density at radius 3 is 2.80 bits per heavy atom. The molecule has 102 valence electrons. The van der Waals surface area contributed by atoms with Gasteiger partial charge in [0.1, 0.15) is 5.56 Å². The van der Waals surface area contributed by atoms with Crippen molar-refractivity contribution >= 4 is 28.5 Å². The van der Waals surface area contributed by atoms with Crippen molar-refractivity contribution in [3.8, 4) is 11.3 Å². The summed E-state index contributed by atoms with van der Waals surface area (Å²) in [7, 11) is 3.63. The summed E-state index contributed by atoms with van der Waals surface area (Å²) in [6.07, 6.45) is 3.26. The molecule has 20 heavy (non-hydrogen) atoms. The fraction of sp³-hybridized carbons (Fsp3) is 0.143. The minimum absolute atomic E-state index is 0.190. The molecule has 0 fully saturated rings. The highest BCUT2D eigenvalue weighted by atomic mass is 35.5. The molecule has 0 unspecified atom stereocenters. The molecule has 0 atom stereocenters. The summed E-state index contributed by atoms with van der Waals surface area (Å²) < 4.78 is 3.50. The quantitative estimate of drug-likeness (QED) is 0.789. The molecule has 3 rings (SSSR count). The Labute approximate surface area is 120 Å². The zero-order chi connectivity index (χ0) is 14.4. The molecular weight excluding hydrogens is 278 g/mol. The van der Waals surface area contributed by atoms with Gasteiger partial charge in [-0.1, -0.05) is 17.7 Å². The van der Waals surface area contributed by atoms with Crippen LogP contribution >= 0.6 is 11.6 Å². The second-order valence-electron chi connectivity index (χ2n) is 4.65. The van der Waals surface area contributed by atoms with E-state index in [1.807, 2.05) is 29.9 Å². The monoisotopic (exact) mass is 289 g/mol. The Bertz CT molecular complexity index is 832. The van der Waals surface area contributed by atoms with E-state index in [4.69, 9.17) is 11.6 Å². The van der Waals surface area contributed by atoms with E-state index < -0.39 is 5.97 Å². The first kappa shape index (κ1) is 12.7. The van der Waals surface area contributed by atoms with Crippen molar-refractivity contribution in [2.75, 3.05) is 0 Å². The van der Waals surface area contributed by atoms with E-state index in [1.165, 1.54) is 6.20 Å². The average molecular weight is 290 g/mol. The van der Waals surface area contributed by atoms with Crippen molar-refractivity contribution in [2.24, 2.45) is 14.1 Å². The van der Waals surface area contributed by atoms with Gasteiger partial charge < -0.3 is 9.67 Å². The third-order valence-electron chi connectivity index (χ3n) is 3.38. The molecule has 3 aromatic rings. The van der Waals surface area contributed by atoms with Gasteiger partial charge in [-0.05, 0) is 12.1 Å². The number of carboxylic acid groups (broad SMARTS) is 1. The first-order valence-corrected chi connectivity index (χ1v) is 6.37. The van der Waals surface area contributed by atoms with E-state index in [1.54, 1.807) is 17.8 Å². The van der Waals surface area contributed by atoms with Crippen LogP contribution in [0.25, 0.3) is 22.2 Å². The van der Waals surface area contributed by atoms with E-state index in [9.17, 15) is 9.90 Å². The van der Waals surface area contributed by atoms with E-state index in [-0.39, 0.29) is 5.56 Å². The molecule has 2 aromatic heterocycles. The van der Waals surface area contributed by atoms with Gasteiger partial charge in [0.05, 0.1) is 11.9 Å². The predicted octanol–water partition coefficient (Wildman–Crippen LogP) is 2.93. The van der Waals surface area contributed by atoms with Crippen LogP contribution in [-0.4, -0.2) is 25.4 Å². The zero-order valence-corrected chi connectivity index (χ0v) is 11.7. The van der Waals surface area contributed by atoms with Gasteiger partial charge >= 0.3 is 5.97 Å². The molecule has 0 aliphatic heterocycles. The second-order valence-corrected chi connectivity index (χ2v) is 5.09. The fourth-order valence-corrected chi connectivity index (χ4v) is 2.63. The number of hydrogen-bond donors (Lipinski definition) is 1. The SMILES string of the molecule is Cn1ncc(C(=O)O)c1-c1cn(C)c2cc(Cl)ccc12. The standard InChI is InChI=1S/C14H12ClN3O2/c1-17-7-11(9-4-3-8(15)5-12(9)17)13-10(14(19)20)6-16-18(13)2/h3-7H,1-2H3,(H,19,20). The van der Waals surface area contributed by atoms with Crippen LogP contribution in [0, 0.1) is 0 Å². The van der Waals surface area contributed by atoms with E-state index >= 15 is 0 Å². The summed E-state index contributed by atoms with van der Waals surface area (Å²) in [5, 5.41) is 14.9. The highest BCUT2D eigenvalue weighted by Gasteiger charge is 2.20. The molecule has 0 spiro atoms. The highest BCUT2D eigenvalue weighted by molar-refractivity contribution is 6.31. The van der Waals surface area contributed by atoms with Crippen LogP contribution < -0.4 is 0 Å². The molecule has 1 aromatic carbocycles. The first-order valence-electron chi connectivity index (χ1n) is 5.99. The minimum atomic E-state index is -0.987. The van der Waals surface area contributed by atoms with Crippen LogP contribution in [0.5, 0.6) is 0 Å². The van der Waals surface area contributed by atoms with Crippen LogP contribution in [0.3, 0.4) is 0 Å². The van der Waals surface area contributed by atoms with Gasteiger partial charge in [0, 0.05) is 41.8 Å². The number of hydrogen-bond acceptors (Lipinski definition) is 2. The van der Waals surface area contributed by atoms with E-state index in [0.717, 1.165) is 16.5 Å². The highest BCUT2D eigenvalue weighted by Crippen LogP contribution is 2.33. The summed E-state index contributed by atoms with van der Waals surface area (Å²) in [6.45, 7) is 0. The lowest BCUT2D eigenvalue weighted by atomic mass is 10.1. The van der Waals surface area contributed by atoms with Crippen LogP contribution in [0.15, 0.2) is 30.6 Å². The van der Waals surface area contributed by atoms with Crippen molar-refractivity contribution < 1.29 is 9.90 Å². The molecule has 0 saturated carbocycles. The number of aromatic carboxylic acids is 1. The average Bonchev–Trinajstić information content (AvgIpc) is 2.91. The number of fused-ring (bicyclic) bond motifs is 1. The number of aryl methyl sites for hydroxylation is 2. The number of benzene rings is 1. The second kappa shape index (κ2) is 4.38. The fourth-order valence-electron chi connectivity index (χ4n) is 2.46. The summed E-state index contributed by atoms with van der Waals surface area (Å²) in [5.41, 5.74) is 2.56. The number of carbonyl (C=O) groups is 1. The number of carboxylic acids is 1. The van der Waals surface area contributed by atoms with E-state index in [0.29, 0.717) is 10.7 Å². The van der Waals surface area contributed by atoms with Crippen LogP contribution in [0.4, 0.5) is 0 Å². The number of aromatic nitrogens is 3. The third kappa shape index (κ3) is 1.78. The topological polar surface area (TPSA) is 60.1 Å². The Hall–Kier alpha value is -2.27. The van der Waals surface area contributed by atoms with Gasteiger partial charge in [-0.2, -0.15) is 5.10 Å². The van der Waals surface area contributed by atoms with Crippen LogP contribution in [0.1, 0.15) is 10.4 Å². The molecule has 6 heteroatoms. The maximum atomic E-state index is 11.3. The molecule has 0 bridgehead atoms.